The van der Waals surface area contributed by atoms with E-state index in [4.69, 9.17) is 0 Å². The van der Waals surface area contributed by atoms with Crippen LogP contribution in [0.5, 0.6) is 0 Å². The van der Waals surface area contributed by atoms with Gasteiger partial charge in [-0.2, -0.15) is 0 Å². The number of ether oxygens (including phenoxy) is 1. The van der Waals surface area contributed by atoms with Crippen LogP contribution < -0.4 is 5.32 Å². The van der Waals surface area contributed by atoms with E-state index in [9.17, 15) is 9.18 Å². The van der Waals surface area contributed by atoms with E-state index in [0.29, 0.717) is 23.7 Å². The molecule has 3 aromatic rings. The van der Waals surface area contributed by atoms with E-state index in [0.717, 1.165) is 16.1 Å². The van der Waals surface area contributed by atoms with Crippen LogP contribution in [0.4, 0.5) is 9.52 Å². The highest BCUT2D eigenvalue weighted by molar-refractivity contribution is 7.15. The molecule has 0 aliphatic rings. The summed E-state index contributed by atoms with van der Waals surface area (Å²) >= 11 is 1.46. The molecule has 0 radical (unpaired) electrons. The summed E-state index contributed by atoms with van der Waals surface area (Å²) in [5, 5.41) is 13.0. The van der Waals surface area contributed by atoms with Crippen molar-refractivity contribution in [3.8, 4) is 0 Å². The zero-order valence-corrected chi connectivity index (χ0v) is 14.3. The van der Waals surface area contributed by atoms with Crippen LogP contribution in [-0.2, 0) is 17.7 Å². The molecule has 0 atom stereocenters. The molecule has 3 rings (SSSR count). The number of hydrogen-bond donors (Lipinski definition) is 1. The Hall–Kier alpha value is -2.80. The maximum atomic E-state index is 12.9. The summed E-state index contributed by atoms with van der Waals surface area (Å²) in [4.78, 5) is 11.4. The van der Waals surface area contributed by atoms with Crippen LogP contribution in [0.2, 0.25) is 0 Å². The normalized spacial score (nSPS) is 10.5. The van der Waals surface area contributed by atoms with Gasteiger partial charge in [0.25, 0.3) is 0 Å². The fraction of sp³-hybridized carbons (Fsp3) is 0.167. The molecule has 0 saturated carbocycles. The SMILES string of the molecule is COC(=O)c1ccc(CNc2nnc(Cc3ccc(F)cc3)s2)cc1. The Kier molecular flexibility index (Phi) is 5.35. The summed E-state index contributed by atoms with van der Waals surface area (Å²) < 4.78 is 17.6. The van der Waals surface area contributed by atoms with Gasteiger partial charge < -0.3 is 10.1 Å². The van der Waals surface area contributed by atoms with Crippen molar-refractivity contribution in [2.75, 3.05) is 12.4 Å². The van der Waals surface area contributed by atoms with Crippen LogP contribution in [0.15, 0.2) is 48.5 Å². The van der Waals surface area contributed by atoms with E-state index in [2.05, 4.69) is 20.3 Å². The Morgan fingerprint density at radius 2 is 1.76 bits per heavy atom. The number of methoxy groups -OCH3 is 1. The molecular formula is C18H16FN3O2S. The lowest BCUT2D eigenvalue weighted by molar-refractivity contribution is 0.0600. The number of nitrogens with one attached hydrogen (secondary N) is 1. The largest absolute Gasteiger partial charge is 0.465 e. The first-order valence-electron chi connectivity index (χ1n) is 7.62. The first-order valence-corrected chi connectivity index (χ1v) is 8.43. The highest BCUT2D eigenvalue weighted by Gasteiger charge is 2.07. The molecule has 128 valence electrons. The predicted molar refractivity (Wildman–Crippen MR) is 94.2 cm³/mol. The number of carbonyl (C=O) groups excluding carboxylic acids is 1. The van der Waals surface area contributed by atoms with Crippen molar-refractivity contribution in [1.82, 2.24) is 10.2 Å². The average molecular weight is 357 g/mol. The number of anilines is 1. The third kappa shape index (κ3) is 4.60. The molecule has 1 heterocycles. The smallest absolute Gasteiger partial charge is 0.337 e. The maximum Gasteiger partial charge on any atom is 0.337 e. The van der Waals surface area contributed by atoms with E-state index >= 15 is 0 Å². The highest BCUT2D eigenvalue weighted by Crippen LogP contribution is 2.19. The second kappa shape index (κ2) is 7.85. The molecule has 1 N–H and O–H groups in total. The maximum absolute atomic E-state index is 12.9. The Labute approximate surface area is 148 Å². The number of nitrogens with zero attached hydrogens (tertiary/aromatic N) is 2. The van der Waals surface area contributed by atoms with Gasteiger partial charge >= 0.3 is 5.97 Å². The molecule has 0 fully saturated rings. The number of aromatic nitrogens is 2. The first kappa shape index (κ1) is 17.0. The molecule has 0 saturated heterocycles. The van der Waals surface area contributed by atoms with Gasteiger partial charge in [-0.1, -0.05) is 35.6 Å². The molecule has 0 aliphatic carbocycles. The molecule has 2 aromatic carbocycles. The lowest BCUT2D eigenvalue weighted by Crippen LogP contribution is -2.02. The quantitative estimate of drug-likeness (QED) is 0.682. The van der Waals surface area contributed by atoms with Gasteiger partial charge in [-0.05, 0) is 35.4 Å². The number of halogens is 1. The Balaban J connectivity index is 1.56. The zero-order chi connectivity index (χ0) is 17.6. The van der Waals surface area contributed by atoms with Gasteiger partial charge in [-0.25, -0.2) is 9.18 Å². The second-order valence-electron chi connectivity index (χ2n) is 5.35. The summed E-state index contributed by atoms with van der Waals surface area (Å²) in [6, 6.07) is 13.5. The van der Waals surface area contributed by atoms with E-state index in [-0.39, 0.29) is 11.8 Å². The number of benzene rings is 2. The topological polar surface area (TPSA) is 64.1 Å². The molecule has 0 bridgehead atoms. The van der Waals surface area contributed by atoms with Crippen LogP contribution in [0, 0.1) is 5.82 Å². The van der Waals surface area contributed by atoms with Gasteiger partial charge in [0.05, 0.1) is 12.7 Å². The minimum Gasteiger partial charge on any atom is -0.465 e. The third-order valence-corrected chi connectivity index (χ3v) is 4.44. The van der Waals surface area contributed by atoms with Crippen LogP contribution in [-0.4, -0.2) is 23.3 Å². The lowest BCUT2D eigenvalue weighted by atomic mass is 10.1. The predicted octanol–water partition coefficient (Wildman–Crippen LogP) is 3.67. The molecule has 7 heteroatoms. The summed E-state index contributed by atoms with van der Waals surface area (Å²) in [6.07, 6.45) is 0.619. The van der Waals surface area contributed by atoms with Gasteiger partial charge in [0.2, 0.25) is 5.13 Å². The van der Waals surface area contributed by atoms with Crippen molar-refractivity contribution >= 4 is 22.4 Å². The van der Waals surface area contributed by atoms with Gasteiger partial charge in [0.1, 0.15) is 10.8 Å². The van der Waals surface area contributed by atoms with Gasteiger partial charge in [-0.3, -0.25) is 0 Å². The molecule has 0 spiro atoms. The Bertz CT molecular complexity index is 848. The number of hydrogen-bond acceptors (Lipinski definition) is 6. The standard InChI is InChI=1S/C18H16FN3O2S/c1-24-17(23)14-6-2-13(3-7-14)11-20-18-22-21-16(25-18)10-12-4-8-15(19)9-5-12/h2-9H,10-11H2,1H3,(H,20,22). The third-order valence-electron chi connectivity index (χ3n) is 3.55. The van der Waals surface area contributed by atoms with Crippen molar-refractivity contribution in [2.24, 2.45) is 0 Å². The monoisotopic (exact) mass is 357 g/mol. The van der Waals surface area contributed by atoms with E-state index in [1.807, 2.05) is 12.1 Å². The number of carbonyl (C=O) groups is 1. The van der Waals surface area contributed by atoms with E-state index in [1.165, 1.54) is 30.6 Å². The zero-order valence-electron chi connectivity index (χ0n) is 13.5. The fourth-order valence-corrected chi connectivity index (χ4v) is 3.00. The molecular weight excluding hydrogens is 341 g/mol. The van der Waals surface area contributed by atoms with Crippen LogP contribution in [0.3, 0.4) is 0 Å². The summed E-state index contributed by atoms with van der Waals surface area (Å²) in [5.74, 6) is -0.601. The summed E-state index contributed by atoms with van der Waals surface area (Å²) in [6.45, 7) is 0.576. The van der Waals surface area contributed by atoms with Crippen LogP contribution >= 0.6 is 11.3 Å². The van der Waals surface area contributed by atoms with Gasteiger partial charge in [-0.15, -0.1) is 10.2 Å². The van der Waals surface area contributed by atoms with Crippen molar-refractivity contribution in [1.29, 1.82) is 0 Å². The average Bonchev–Trinajstić information content (AvgIpc) is 3.09. The van der Waals surface area contributed by atoms with Crippen molar-refractivity contribution in [2.45, 2.75) is 13.0 Å². The van der Waals surface area contributed by atoms with Crippen LogP contribution in [0.25, 0.3) is 0 Å². The highest BCUT2D eigenvalue weighted by atomic mass is 32.1. The summed E-state index contributed by atoms with van der Waals surface area (Å²) in [7, 11) is 1.36. The minimum absolute atomic E-state index is 0.249. The Morgan fingerprint density at radius 1 is 1.08 bits per heavy atom. The fourth-order valence-electron chi connectivity index (χ4n) is 2.23. The van der Waals surface area contributed by atoms with Crippen molar-refractivity contribution < 1.29 is 13.9 Å². The molecule has 25 heavy (non-hydrogen) atoms. The molecule has 1 aromatic heterocycles. The van der Waals surface area contributed by atoms with Gasteiger partial charge in [0, 0.05) is 13.0 Å². The Morgan fingerprint density at radius 3 is 2.44 bits per heavy atom. The molecule has 5 nitrogen and oxygen atoms in total. The summed E-state index contributed by atoms with van der Waals surface area (Å²) in [5.41, 5.74) is 2.52. The van der Waals surface area contributed by atoms with Crippen molar-refractivity contribution in [3.05, 3.63) is 76.0 Å². The van der Waals surface area contributed by atoms with E-state index < -0.39 is 0 Å². The number of rotatable bonds is 6. The molecule has 0 amide bonds. The van der Waals surface area contributed by atoms with Crippen molar-refractivity contribution in [3.63, 3.8) is 0 Å². The molecule has 0 aliphatic heterocycles. The minimum atomic E-state index is -0.353. The van der Waals surface area contributed by atoms with E-state index in [1.54, 1.807) is 24.3 Å². The molecule has 0 unspecified atom stereocenters. The first-order chi connectivity index (χ1) is 12.1. The second-order valence-corrected chi connectivity index (χ2v) is 6.41. The lowest BCUT2D eigenvalue weighted by Gasteiger charge is -2.03. The number of esters is 1. The van der Waals surface area contributed by atoms with Crippen LogP contribution in [0.1, 0.15) is 26.5 Å². The van der Waals surface area contributed by atoms with Gasteiger partial charge in [0.15, 0.2) is 0 Å².